The lowest BCUT2D eigenvalue weighted by Crippen LogP contribution is -2.46. The molecule has 2 atom stereocenters. The van der Waals surface area contributed by atoms with Gasteiger partial charge in [0, 0.05) is 10.9 Å². The number of aryl methyl sites for hydroxylation is 1. The molecule has 1 aromatic rings. The minimum Gasteiger partial charge on any atom is -0.305 e. The Morgan fingerprint density at radius 2 is 2.25 bits per heavy atom. The highest BCUT2D eigenvalue weighted by atomic mass is 32.2. The van der Waals surface area contributed by atoms with Crippen LogP contribution in [0.3, 0.4) is 0 Å². The van der Waals surface area contributed by atoms with E-state index in [4.69, 9.17) is 0 Å². The SMILES string of the molecule is CCC1CS(=O)(=O)CC(c2sccc2C)N1. The van der Waals surface area contributed by atoms with Gasteiger partial charge in [0.05, 0.1) is 17.5 Å². The summed E-state index contributed by atoms with van der Waals surface area (Å²) in [5.41, 5.74) is 1.19. The summed E-state index contributed by atoms with van der Waals surface area (Å²) in [5.74, 6) is 0.523. The van der Waals surface area contributed by atoms with E-state index >= 15 is 0 Å². The molecule has 2 rings (SSSR count). The quantitative estimate of drug-likeness (QED) is 0.882. The molecule has 0 saturated carbocycles. The Morgan fingerprint density at radius 3 is 2.81 bits per heavy atom. The smallest absolute Gasteiger partial charge is 0.153 e. The molecule has 1 saturated heterocycles. The molecule has 1 N–H and O–H groups in total. The van der Waals surface area contributed by atoms with Crippen molar-refractivity contribution in [2.45, 2.75) is 32.4 Å². The lowest BCUT2D eigenvalue weighted by molar-refractivity contribution is 0.443. The number of hydrogen-bond acceptors (Lipinski definition) is 4. The average molecular weight is 259 g/mol. The molecule has 16 heavy (non-hydrogen) atoms. The van der Waals surface area contributed by atoms with Gasteiger partial charge in [-0.05, 0) is 30.4 Å². The third-order valence-electron chi connectivity index (χ3n) is 3.02. The van der Waals surface area contributed by atoms with Gasteiger partial charge in [-0.25, -0.2) is 8.42 Å². The molecule has 3 nitrogen and oxygen atoms in total. The van der Waals surface area contributed by atoms with E-state index in [0.29, 0.717) is 0 Å². The molecule has 5 heteroatoms. The molecule has 0 radical (unpaired) electrons. The fourth-order valence-corrected chi connectivity index (χ4v) is 5.08. The minimum absolute atomic E-state index is 0.0105. The van der Waals surface area contributed by atoms with Crippen molar-refractivity contribution >= 4 is 21.2 Å². The van der Waals surface area contributed by atoms with Crippen LogP contribution in [0.2, 0.25) is 0 Å². The van der Waals surface area contributed by atoms with Gasteiger partial charge in [0.15, 0.2) is 9.84 Å². The summed E-state index contributed by atoms with van der Waals surface area (Å²) in [5, 5.41) is 5.46. The Bertz CT molecular complexity index is 464. The van der Waals surface area contributed by atoms with Crippen molar-refractivity contribution in [3.63, 3.8) is 0 Å². The second kappa shape index (κ2) is 4.47. The standard InChI is InChI=1S/C11H17NO2S2/c1-3-9-6-16(13,14)7-10(12-9)11-8(2)4-5-15-11/h4-5,9-10,12H,3,6-7H2,1-2H3. The van der Waals surface area contributed by atoms with Crippen LogP contribution in [0.25, 0.3) is 0 Å². The summed E-state index contributed by atoms with van der Waals surface area (Å²) in [6, 6.07) is 2.14. The van der Waals surface area contributed by atoms with Crippen molar-refractivity contribution in [3.8, 4) is 0 Å². The summed E-state index contributed by atoms with van der Waals surface area (Å²) in [4.78, 5) is 1.17. The first-order valence-electron chi connectivity index (χ1n) is 5.52. The Hall–Kier alpha value is -0.390. The molecule has 1 aromatic heterocycles. The van der Waals surface area contributed by atoms with Crippen molar-refractivity contribution in [1.82, 2.24) is 5.32 Å². The van der Waals surface area contributed by atoms with Crippen LogP contribution in [-0.2, 0) is 9.84 Å². The van der Waals surface area contributed by atoms with E-state index in [1.807, 2.05) is 25.3 Å². The minimum atomic E-state index is -2.89. The summed E-state index contributed by atoms with van der Waals surface area (Å²) in [7, 11) is -2.89. The number of hydrogen-bond donors (Lipinski definition) is 1. The zero-order valence-corrected chi connectivity index (χ0v) is 11.2. The van der Waals surface area contributed by atoms with E-state index in [1.165, 1.54) is 10.4 Å². The highest BCUT2D eigenvalue weighted by Gasteiger charge is 2.32. The number of nitrogens with one attached hydrogen (secondary N) is 1. The van der Waals surface area contributed by atoms with Crippen LogP contribution >= 0.6 is 11.3 Å². The maximum absolute atomic E-state index is 11.8. The summed E-state index contributed by atoms with van der Waals surface area (Å²) in [6.07, 6.45) is 0.861. The second-order valence-corrected chi connectivity index (χ2v) is 7.47. The normalized spacial score (nSPS) is 29.1. The third-order valence-corrected chi connectivity index (χ3v) is 5.91. The highest BCUT2D eigenvalue weighted by molar-refractivity contribution is 7.91. The Kier molecular flexibility index (Phi) is 3.37. The van der Waals surface area contributed by atoms with Crippen LogP contribution in [0.4, 0.5) is 0 Å². The van der Waals surface area contributed by atoms with Crippen molar-refractivity contribution < 1.29 is 8.42 Å². The van der Waals surface area contributed by atoms with Crippen LogP contribution < -0.4 is 5.32 Å². The van der Waals surface area contributed by atoms with Crippen LogP contribution in [0.15, 0.2) is 11.4 Å². The highest BCUT2D eigenvalue weighted by Crippen LogP contribution is 2.28. The first-order chi connectivity index (χ1) is 7.52. The molecule has 0 aromatic carbocycles. The molecular formula is C11H17NO2S2. The summed E-state index contributed by atoms with van der Waals surface area (Å²) in [6.45, 7) is 4.06. The molecular weight excluding hydrogens is 242 g/mol. The van der Waals surface area contributed by atoms with Gasteiger partial charge in [-0.3, -0.25) is 0 Å². The number of sulfone groups is 1. The Balaban J connectivity index is 2.26. The van der Waals surface area contributed by atoms with Crippen molar-refractivity contribution in [2.75, 3.05) is 11.5 Å². The molecule has 0 amide bonds. The zero-order valence-electron chi connectivity index (χ0n) is 9.56. The van der Waals surface area contributed by atoms with Gasteiger partial charge in [-0.2, -0.15) is 0 Å². The number of thiophene rings is 1. The fourth-order valence-electron chi connectivity index (χ4n) is 2.14. The van der Waals surface area contributed by atoms with E-state index in [-0.39, 0.29) is 23.6 Å². The van der Waals surface area contributed by atoms with Gasteiger partial charge in [0.1, 0.15) is 0 Å². The predicted molar refractivity (Wildman–Crippen MR) is 67.7 cm³/mol. The molecule has 0 bridgehead atoms. The van der Waals surface area contributed by atoms with E-state index in [1.54, 1.807) is 11.3 Å². The van der Waals surface area contributed by atoms with Gasteiger partial charge in [-0.1, -0.05) is 6.92 Å². The fraction of sp³-hybridized carbons (Fsp3) is 0.636. The van der Waals surface area contributed by atoms with Crippen LogP contribution in [0.1, 0.15) is 29.8 Å². The van der Waals surface area contributed by atoms with Gasteiger partial charge < -0.3 is 5.32 Å². The maximum atomic E-state index is 11.8. The molecule has 0 spiro atoms. The second-order valence-electron chi connectivity index (χ2n) is 4.37. The zero-order chi connectivity index (χ0) is 11.8. The first kappa shape index (κ1) is 12.1. The van der Waals surface area contributed by atoms with E-state index < -0.39 is 9.84 Å². The molecule has 2 unspecified atom stereocenters. The Morgan fingerprint density at radius 1 is 1.50 bits per heavy atom. The lowest BCUT2D eigenvalue weighted by atomic mass is 10.1. The van der Waals surface area contributed by atoms with Crippen LogP contribution in [0.5, 0.6) is 0 Å². The topological polar surface area (TPSA) is 46.2 Å². The Labute approximate surface area is 101 Å². The van der Waals surface area contributed by atoms with Crippen LogP contribution in [0, 0.1) is 6.92 Å². The molecule has 2 heterocycles. The summed E-state index contributed by atoms with van der Waals surface area (Å²) < 4.78 is 23.6. The van der Waals surface area contributed by atoms with Crippen LogP contribution in [-0.4, -0.2) is 26.0 Å². The van der Waals surface area contributed by atoms with Gasteiger partial charge in [0.25, 0.3) is 0 Å². The molecule has 0 aliphatic carbocycles. The molecule has 90 valence electrons. The predicted octanol–water partition coefficient (Wildman–Crippen LogP) is 1.89. The maximum Gasteiger partial charge on any atom is 0.153 e. The van der Waals surface area contributed by atoms with E-state index in [9.17, 15) is 8.42 Å². The van der Waals surface area contributed by atoms with Gasteiger partial charge >= 0.3 is 0 Å². The van der Waals surface area contributed by atoms with E-state index in [2.05, 4.69) is 5.32 Å². The molecule has 1 aliphatic rings. The number of rotatable bonds is 2. The van der Waals surface area contributed by atoms with E-state index in [0.717, 1.165) is 6.42 Å². The van der Waals surface area contributed by atoms with Gasteiger partial charge in [0.2, 0.25) is 0 Å². The summed E-state index contributed by atoms with van der Waals surface area (Å²) >= 11 is 1.64. The van der Waals surface area contributed by atoms with Crippen molar-refractivity contribution in [1.29, 1.82) is 0 Å². The monoisotopic (exact) mass is 259 g/mol. The molecule has 1 aliphatic heterocycles. The largest absolute Gasteiger partial charge is 0.305 e. The molecule has 1 fully saturated rings. The van der Waals surface area contributed by atoms with Crippen molar-refractivity contribution in [2.24, 2.45) is 0 Å². The third kappa shape index (κ3) is 2.47. The first-order valence-corrected chi connectivity index (χ1v) is 8.22. The van der Waals surface area contributed by atoms with Crippen molar-refractivity contribution in [3.05, 3.63) is 21.9 Å². The average Bonchev–Trinajstić information content (AvgIpc) is 2.62. The van der Waals surface area contributed by atoms with Gasteiger partial charge in [-0.15, -0.1) is 11.3 Å². The lowest BCUT2D eigenvalue weighted by Gasteiger charge is -2.30.